The van der Waals surface area contributed by atoms with Gasteiger partial charge in [0.2, 0.25) is 5.91 Å². The van der Waals surface area contributed by atoms with Crippen molar-refractivity contribution >= 4 is 23.6 Å². The molecule has 2 rings (SSSR count). The Morgan fingerprint density at radius 2 is 1.54 bits per heavy atom. The summed E-state index contributed by atoms with van der Waals surface area (Å²) in [6.07, 6.45) is -0.833. The van der Waals surface area contributed by atoms with Gasteiger partial charge in [-0.1, -0.05) is 36.4 Å². The number of carbonyl (C=O) groups is 3. The highest BCUT2D eigenvalue weighted by atomic mass is 16.6. The van der Waals surface area contributed by atoms with Crippen LogP contribution in [-0.2, 0) is 14.3 Å². The Kier molecular flexibility index (Phi) is 9.49. The molecule has 2 aromatic carbocycles. The molecule has 0 fully saturated rings. The van der Waals surface area contributed by atoms with Crippen molar-refractivity contribution in [1.29, 1.82) is 0 Å². The molecular weight excluding hydrogens is 470 g/mol. The van der Waals surface area contributed by atoms with E-state index in [1.807, 2.05) is 77.9 Å². The van der Waals surface area contributed by atoms with Gasteiger partial charge in [0.15, 0.2) is 0 Å². The summed E-state index contributed by atoms with van der Waals surface area (Å²) in [6.45, 7) is 15.7. The summed E-state index contributed by atoms with van der Waals surface area (Å²) in [7, 11) is 0. The van der Waals surface area contributed by atoms with Gasteiger partial charge >= 0.3 is 6.09 Å². The predicted octanol–water partition coefficient (Wildman–Crippen LogP) is 4.80. The lowest BCUT2D eigenvalue weighted by molar-refractivity contribution is -0.147. The van der Waals surface area contributed by atoms with E-state index in [2.05, 4.69) is 10.6 Å². The predicted molar refractivity (Wildman–Crippen MR) is 145 cm³/mol. The molecule has 0 aromatic heterocycles. The van der Waals surface area contributed by atoms with E-state index in [0.717, 1.165) is 16.7 Å². The van der Waals surface area contributed by atoms with Crippen molar-refractivity contribution in [3.05, 3.63) is 64.7 Å². The van der Waals surface area contributed by atoms with E-state index in [1.165, 1.54) is 4.90 Å². The van der Waals surface area contributed by atoms with Crippen LogP contribution < -0.4 is 10.6 Å². The maximum absolute atomic E-state index is 13.9. The maximum atomic E-state index is 13.9. The number of aliphatic hydroxyl groups is 1. The highest BCUT2D eigenvalue weighted by Gasteiger charge is 2.42. The van der Waals surface area contributed by atoms with Gasteiger partial charge in [-0.3, -0.25) is 9.59 Å². The summed E-state index contributed by atoms with van der Waals surface area (Å²) in [6, 6.07) is 10.7. The molecule has 0 spiro atoms. The summed E-state index contributed by atoms with van der Waals surface area (Å²) >= 11 is 0. The number of aliphatic hydroxyl groups excluding tert-OH is 1. The van der Waals surface area contributed by atoms with Gasteiger partial charge in [0, 0.05) is 11.2 Å². The first-order valence-electron chi connectivity index (χ1n) is 12.4. The van der Waals surface area contributed by atoms with Gasteiger partial charge in [-0.2, -0.15) is 0 Å². The van der Waals surface area contributed by atoms with Crippen molar-refractivity contribution in [2.24, 2.45) is 0 Å². The van der Waals surface area contributed by atoms with Crippen molar-refractivity contribution in [2.45, 2.75) is 85.5 Å². The van der Waals surface area contributed by atoms with Gasteiger partial charge in [0.1, 0.15) is 17.7 Å². The molecule has 0 aliphatic rings. The van der Waals surface area contributed by atoms with Gasteiger partial charge < -0.3 is 25.4 Å². The number of nitrogens with zero attached hydrogens (tertiary/aromatic N) is 1. The second-order valence-electron chi connectivity index (χ2n) is 11.3. The number of anilines is 1. The quantitative estimate of drug-likeness (QED) is 0.495. The maximum Gasteiger partial charge on any atom is 0.408 e. The molecule has 2 atom stereocenters. The summed E-state index contributed by atoms with van der Waals surface area (Å²) in [4.78, 5) is 41.7. The number of para-hydroxylation sites is 1. The Morgan fingerprint density at radius 3 is 2.05 bits per heavy atom. The van der Waals surface area contributed by atoms with Crippen LogP contribution in [0.5, 0.6) is 0 Å². The van der Waals surface area contributed by atoms with Crippen molar-refractivity contribution in [3.8, 4) is 0 Å². The minimum Gasteiger partial charge on any atom is -0.444 e. The summed E-state index contributed by atoms with van der Waals surface area (Å²) in [5.41, 5.74) is 2.51. The van der Waals surface area contributed by atoms with Crippen LogP contribution in [0, 0.1) is 20.8 Å². The van der Waals surface area contributed by atoms with Crippen LogP contribution in [0.2, 0.25) is 0 Å². The molecule has 0 saturated carbocycles. The van der Waals surface area contributed by atoms with Crippen molar-refractivity contribution < 1.29 is 24.2 Å². The summed E-state index contributed by atoms with van der Waals surface area (Å²) in [5, 5.41) is 15.5. The topological polar surface area (TPSA) is 108 Å². The fraction of sp³-hybridized carbons (Fsp3) is 0.483. The van der Waals surface area contributed by atoms with Crippen LogP contribution in [-0.4, -0.2) is 51.7 Å². The van der Waals surface area contributed by atoms with E-state index in [9.17, 15) is 19.5 Å². The van der Waals surface area contributed by atoms with E-state index < -0.39 is 47.7 Å². The molecule has 3 N–H and O–H groups in total. The minimum absolute atomic E-state index is 0.408. The molecule has 0 bridgehead atoms. The van der Waals surface area contributed by atoms with Gasteiger partial charge in [0.05, 0.1) is 6.61 Å². The van der Waals surface area contributed by atoms with Crippen LogP contribution in [0.4, 0.5) is 10.5 Å². The summed E-state index contributed by atoms with van der Waals surface area (Å²) in [5.74, 6) is -1.01. The molecule has 0 aliphatic carbocycles. The molecule has 0 aliphatic heterocycles. The average molecular weight is 512 g/mol. The lowest BCUT2D eigenvalue weighted by atomic mass is 9.93. The zero-order valence-electron chi connectivity index (χ0n) is 23.4. The SMILES string of the molecule is Cc1ccc(C(C(=O)Nc2ccccc2C)N(C(=O)C(CO)NC(=O)OC(C)(C)C)C(C)(C)C)cc1C. The van der Waals surface area contributed by atoms with E-state index in [0.29, 0.717) is 11.3 Å². The molecule has 37 heavy (non-hydrogen) atoms. The fourth-order valence-corrected chi connectivity index (χ4v) is 3.91. The minimum atomic E-state index is -1.31. The fourth-order valence-electron chi connectivity index (χ4n) is 3.91. The first-order chi connectivity index (χ1) is 17.0. The second kappa shape index (κ2) is 11.8. The third kappa shape index (κ3) is 8.05. The third-order valence-electron chi connectivity index (χ3n) is 5.89. The molecule has 3 amide bonds. The van der Waals surface area contributed by atoms with Gasteiger partial charge in [-0.05, 0) is 90.6 Å². The molecular formula is C29H41N3O5. The Hall–Kier alpha value is -3.39. The third-order valence-corrected chi connectivity index (χ3v) is 5.89. The smallest absolute Gasteiger partial charge is 0.408 e. The van der Waals surface area contributed by atoms with Crippen molar-refractivity contribution in [2.75, 3.05) is 11.9 Å². The number of ether oxygens (including phenoxy) is 1. The number of benzene rings is 2. The Bertz CT molecular complexity index is 1130. The van der Waals surface area contributed by atoms with Crippen LogP contribution in [0.15, 0.2) is 42.5 Å². The average Bonchev–Trinajstić information content (AvgIpc) is 2.76. The summed E-state index contributed by atoms with van der Waals surface area (Å²) < 4.78 is 5.29. The van der Waals surface area contributed by atoms with E-state index in [4.69, 9.17) is 4.74 Å². The lowest BCUT2D eigenvalue weighted by Crippen LogP contribution is -2.59. The largest absolute Gasteiger partial charge is 0.444 e. The molecule has 8 nitrogen and oxygen atoms in total. The second-order valence-corrected chi connectivity index (χ2v) is 11.3. The molecule has 202 valence electrons. The van der Waals surface area contributed by atoms with Crippen molar-refractivity contribution in [1.82, 2.24) is 10.2 Å². The number of aryl methyl sites for hydroxylation is 3. The van der Waals surface area contributed by atoms with Gasteiger partial charge in [-0.15, -0.1) is 0 Å². The lowest BCUT2D eigenvalue weighted by Gasteiger charge is -2.43. The number of hydrogen-bond donors (Lipinski definition) is 3. The molecule has 8 heteroatoms. The molecule has 0 saturated heterocycles. The normalized spacial score (nSPS) is 13.4. The Balaban J connectivity index is 2.58. The number of nitrogens with one attached hydrogen (secondary N) is 2. The Morgan fingerprint density at radius 1 is 0.919 bits per heavy atom. The van der Waals surface area contributed by atoms with Crippen LogP contribution in [0.3, 0.4) is 0 Å². The van der Waals surface area contributed by atoms with E-state index in [1.54, 1.807) is 26.8 Å². The zero-order chi connectivity index (χ0) is 28.1. The number of hydrogen-bond acceptors (Lipinski definition) is 5. The van der Waals surface area contributed by atoms with E-state index >= 15 is 0 Å². The van der Waals surface area contributed by atoms with Gasteiger partial charge in [-0.25, -0.2) is 4.79 Å². The highest BCUT2D eigenvalue weighted by molar-refractivity contribution is 5.99. The van der Waals surface area contributed by atoms with Gasteiger partial charge in [0.25, 0.3) is 5.91 Å². The highest BCUT2D eigenvalue weighted by Crippen LogP contribution is 2.32. The van der Waals surface area contributed by atoms with Crippen LogP contribution >= 0.6 is 0 Å². The van der Waals surface area contributed by atoms with Crippen LogP contribution in [0.25, 0.3) is 0 Å². The van der Waals surface area contributed by atoms with E-state index in [-0.39, 0.29) is 0 Å². The number of carbonyl (C=O) groups excluding carboxylic acids is 3. The monoisotopic (exact) mass is 511 g/mol. The molecule has 2 unspecified atom stereocenters. The van der Waals surface area contributed by atoms with Crippen molar-refractivity contribution in [3.63, 3.8) is 0 Å². The standard InChI is InChI=1S/C29H41N3O5/c1-18-14-15-21(16-20(18)3)24(25(34)30-22-13-11-10-12-19(22)2)32(28(4,5)6)26(35)23(17-33)31-27(36)37-29(7,8)9/h10-16,23-24,33H,17H2,1-9H3,(H,30,34)(H,31,36). The first-order valence-corrected chi connectivity index (χ1v) is 12.4. The molecule has 0 radical (unpaired) electrons. The number of rotatable bonds is 7. The molecule has 2 aromatic rings. The zero-order valence-corrected chi connectivity index (χ0v) is 23.4. The Labute approximate surface area is 220 Å². The molecule has 0 heterocycles. The number of alkyl carbamates (subject to hydrolysis) is 1. The first kappa shape index (κ1) is 29.8. The van der Waals surface area contributed by atoms with Crippen LogP contribution in [0.1, 0.15) is 69.8 Å². The number of amides is 3.